The van der Waals surface area contributed by atoms with Crippen LogP contribution in [-0.2, 0) is 6.42 Å². The second kappa shape index (κ2) is 10.6. The van der Waals surface area contributed by atoms with Gasteiger partial charge in [-0.05, 0) is 53.3 Å². The molecule has 0 amide bonds. The van der Waals surface area contributed by atoms with Crippen molar-refractivity contribution >= 4 is 41.3 Å². The van der Waals surface area contributed by atoms with Crippen molar-refractivity contribution in [1.82, 2.24) is 15.6 Å². The SMILES string of the molecule is CN=C(NCCc1ccc(C)nc1)NCC(C)c1ccsc1.I. The number of aryl methyl sites for hydroxylation is 1. The van der Waals surface area contributed by atoms with Crippen LogP contribution in [0.4, 0.5) is 0 Å². The van der Waals surface area contributed by atoms with Crippen LogP contribution in [0.3, 0.4) is 0 Å². The van der Waals surface area contributed by atoms with Gasteiger partial charge in [0, 0.05) is 32.0 Å². The minimum atomic E-state index is 0. The van der Waals surface area contributed by atoms with Gasteiger partial charge in [-0.25, -0.2) is 0 Å². The van der Waals surface area contributed by atoms with Gasteiger partial charge in [-0.3, -0.25) is 9.98 Å². The van der Waals surface area contributed by atoms with Gasteiger partial charge in [0.1, 0.15) is 0 Å². The summed E-state index contributed by atoms with van der Waals surface area (Å²) in [6.07, 6.45) is 2.87. The lowest BCUT2D eigenvalue weighted by molar-refractivity contribution is 0.699. The zero-order valence-electron chi connectivity index (χ0n) is 13.9. The van der Waals surface area contributed by atoms with Gasteiger partial charge in [0.2, 0.25) is 0 Å². The number of thiophene rings is 1. The number of halogens is 1. The van der Waals surface area contributed by atoms with Gasteiger partial charge in [0.25, 0.3) is 0 Å². The van der Waals surface area contributed by atoms with Gasteiger partial charge in [-0.15, -0.1) is 24.0 Å². The Morgan fingerprint density at radius 1 is 1.30 bits per heavy atom. The number of hydrogen-bond acceptors (Lipinski definition) is 3. The monoisotopic (exact) mass is 444 g/mol. The molecule has 6 heteroatoms. The summed E-state index contributed by atoms with van der Waals surface area (Å²) in [5.41, 5.74) is 3.66. The molecule has 0 aliphatic rings. The molecule has 0 radical (unpaired) electrons. The lowest BCUT2D eigenvalue weighted by Gasteiger charge is -2.15. The lowest BCUT2D eigenvalue weighted by Crippen LogP contribution is -2.39. The quantitative estimate of drug-likeness (QED) is 0.407. The number of nitrogens with zero attached hydrogens (tertiary/aromatic N) is 2. The largest absolute Gasteiger partial charge is 0.356 e. The van der Waals surface area contributed by atoms with E-state index < -0.39 is 0 Å². The maximum atomic E-state index is 4.31. The Kier molecular flexibility index (Phi) is 9.16. The molecule has 0 aliphatic carbocycles. The average molecular weight is 444 g/mol. The molecule has 0 bridgehead atoms. The molecule has 0 spiro atoms. The molecule has 0 saturated heterocycles. The predicted octanol–water partition coefficient (Wildman–Crippen LogP) is 3.58. The van der Waals surface area contributed by atoms with Crippen LogP contribution in [0.5, 0.6) is 0 Å². The highest BCUT2D eigenvalue weighted by atomic mass is 127. The Balaban J connectivity index is 0.00000264. The van der Waals surface area contributed by atoms with Crippen molar-refractivity contribution in [2.45, 2.75) is 26.2 Å². The van der Waals surface area contributed by atoms with E-state index in [1.165, 1.54) is 11.1 Å². The normalized spacial score (nSPS) is 12.4. The molecule has 2 aromatic rings. The molecule has 0 aliphatic heterocycles. The van der Waals surface area contributed by atoms with E-state index in [4.69, 9.17) is 0 Å². The fourth-order valence-electron chi connectivity index (χ4n) is 2.12. The molecule has 0 aromatic carbocycles. The summed E-state index contributed by atoms with van der Waals surface area (Å²) in [6, 6.07) is 6.35. The summed E-state index contributed by atoms with van der Waals surface area (Å²) in [5, 5.41) is 11.0. The minimum absolute atomic E-state index is 0. The van der Waals surface area contributed by atoms with Gasteiger partial charge >= 0.3 is 0 Å². The lowest BCUT2D eigenvalue weighted by atomic mass is 10.1. The summed E-state index contributed by atoms with van der Waals surface area (Å²) >= 11 is 1.74. The van der Waals surface area contributed by atoms with E-state index >= 15 is 0 Å². The first-order valence-corrected chi connectivity index (χ1v) is 8.51. The smallest absolute Gasteiger partial charge is 0.191 e. The third kappa shape index (κ3) is 6.87. The Morgan fingerprint density at radius 2 is 2.13 bits per heavy atom. The van der Waals surface area contributed by atoms with E-state index in [0.29, 0.717) is 5.92 Å². The summed E-state index contributed by atoms with van der Waals surface area (Å²) in [4.78, 5) is 8.58. The minimum Gasteiger partial charge on any atom is -0.356 e. The summed E-state index contributed by atoms with van der Waals surface area (Å²) in [6.45, 7) is 5.95. The Bertz CT molecular complexity index is 581. The van der Waals surface area contributed by atoms with E-state index in [-0.39, 0.29) is 24.0 Å². The van der Waals surface area contributed by atoms with Gasteiger partial charge in [-0.1, -0.05) is 13.0 Å². The zero-order chi connectivity index (χ0) is 15.8. The molecular formula is C17H25IN4S. The second-order valence-electron chi connectivity index (χ2n) is 5.40. The molecule has 2 rings (SSSR count). The van der Waals surface area contributed by atoms with E-state index in [1.807, 2.05) is 19.2 Å². The zero-order valence-corrected chi connectivity index (χ0v) is 17.0. The Morgan fingerprint density at radius 3 is 2.74 bits per heavy atom. The van der Waals surface area contributed by atoms with E-state index in [0.717, 1.165) is 31.2 Å². The third-order valence-corrected chi connectivity index (χ3v) is 4.29. The summed E-state index contributed by atoms with van der Waals surface area (Å²) in [5.74, 6) is 1.33. The van der Waals surface area contributed by atoms with Crippen molar-refractivity contribution in [2.75, 3.05) is 20.1 Å². The van der Waals surface area contributed by atoms with Crippen LogP contribution in [0.2, 0.25) is 0 Å². The van der Waals surface area contributed by atoms with Crippen LogP contribution in [0, 0.1) is 6.92 Å². The van der Waals surface area contributed by atoms with Gasteiger partial charge < -0.3 is 10.6 Å². The number of aliphatic imine (C=N–C) groups is 1. The topological polar surface area (TPSA) is 49.3 Å². The molecule has 2 aromatic heterocycles. The van der Waals surface area contributed by atoms with E-state index in [2.05, 4.69) is 50.4 Å². The number of pyridine rings is 1. The fraction of sp³-hybridized carbons (Fsp3) is 0.412. The molecule has 4 nitrogen and oxygen atoms in total. The van der Waals surface area contributed by atoms with Crippen molar-refractivity contribution in [3.05, 3.63) is 52.0 Å². The highest BCUT2D eigenvalue weighted by molar-refractivity contribution is 14.0. The first-order valence-electron chi connectivity index (χ1n) is 7.57. The summed E-state index contributed by atoms with van der Waals surface area (Å²) in [7, 11) is 1.80. The van der Waals surface area contributed by atoms with Crippen LogP contribution < -0.4 is 10.6 Å². The first kappa shape index (κ1) is 19.9. The second-order valence-corrected chi connectivity index (χ2v) is 6.18. The van der Waals surface area contributed by atoms with Crippen LogP contribution in [0.1, 0.15) is 29.7 Å². The maximum absolute atomic E-state index is 4.31. The van der Waals surface area contributed by atoms with Crippen LogP contribution >= 0.6 is 35.3 Å². The van der Waals surface area contributed by atoms with Crippen molar-refractivity contribution in [3.8, 4) is 0 Å². The number of rotatable bonds is 6. The predicted molar refractivity (Wildman–Crippen MR) is 110 cm³/mol. The fourth-order valence-corrected chi connectivity index (χ4v) is 2.90. The Hall–Kier alpha value is -1.15. The van der Waals surface area contributed by atoms with Crippen molar-refractivity contribution < 1.29 is 0 Å². The number of aromatic nitrogens is 1. The number of guanidine groups is 1. The highest BCUT2D eigenvalue weighted by Crippen LogP contribution is 2.16. The van der Waals surface area contributed by atoms with Crippen molar-refractivity contribution in [1.29, 1.82) is 0 Å². The molecule has 1 atom stereocenters. The molecule has 2 N–H and O–H groups in total. The average Bonchev–Trinajstić information content (AvgIpc) is 3.06. The van der Waals surface area contributed by atoms with Crippen LogP contribution in [-0.4, -0.2) is 31.1 Å². The Labute approximate surface area is 159 Å². The van der Waals surface area contributed by atoms with E-state index in [9.17, 15) is 0 Å². The van der Waals surface area contributed by atoms with Crippen molar-refractivity contribution in [3.63, 3.8) is 0 Å². The first-order chi connectivity index (χ1) is 10.7. The molecule has 0 saturated carbocycles. The van der Waals surface area contributed by atoms with Crippen molar-refractivity contribution in [2.24, 2.45) is 4.99 Å². The molecule has 0 fully saturated rings. The molecule has 126 valence electrons. The van der Waals surface area contributed by atoms with Gasteiger partial charge in [0.15, 0.2) is 5.96 Å². The third-order valence-electron chi connectivity index (χ3n) is 3.59. The highest BCUT2D eigenvalue weighted by Gasteiger charge is 2.06. The van der Waals surface area contributed by atoms with Gasteiger partial charge in [0.05, 0.1) is 0 Å². The van der Waals surface area contributed by atoms with Gasteiger partial charge in [-0.2, -0.15) is 11.3 Å². The molecule has 23 heavy (non-hydrogen) atoms. The molecule has 1 unspecified atom stereocenters. The van der Waals surface area contributed by atoms with Crippen LogP contribution in [0.25, 0.3) is 0 Å². The van der Waals surface area contributed by atoms with E-state index in [1.54, 1.807) is 18.4 Å². The number of nitrogens with one attached hydrogen (secondary N) is 2. The molecular weight excluding hydrogens is 419 g/mol. The maximum Gasteiger partial charge on any atom is 0.191 e. The van der Waals surface area contributed by atoms with Crippen LogP contribution in [0.15, 0.2) is 40.1 Å². The molecule has 2 heterocycles. The standard InChI is InChI=1S/C17H24N4S.HI/c1-13(16-7-9-22-12-16)10-21-17(18-3)19-8-6-15-5-4-14(2)20-11-15;/h4-5,7,9,11-13H,6,8,10H2,1-3H3,(H2,18,19,21);1H. The summed E-state index contributed by atoms with van der Waals surface area (Å²) < 4.78 is 0. The number of hydrogen-bond donors (Lipinski definition) is 2.